The Labute approximate surface area is 241 Å². The molecule has 0 radical (unpaired) electrons. The van der Waals surface area contributed by atoms with Gasteiger partial charge in [0.05, 0.1) is 5.41 Å². The maximum Gasteiger partial charge on any atom is 0.326 e. The summed E-state index contributed by atoms with van der Waals surface area (Å²) in [5.41, 5.74) is 1.61. The molecule has 0 saturated heterocycles. The summed E-state index contributed by atoms with van der Waals surface area (Å²) < 4.78 is 0. The van der Waals surface area contributed by atoms with Gasteiger partial charge >= 0.3 is 5.97 Å². The van der Waals surface area contributed by atoms with E-state index in [1.807, 2.05) is 81.4 Å². The molecule has 214 valence electrons. The first kappa shape index (κ1) is 32.7. The monoisotopic (exact) mass is 573 g/mol. The lowest BCUT2D eigenvalue weighted by Crippen LogP contribution is -2.55. The molecule has 3 N–H and O–H groups in total. The van der Waals surface area contributed by atoms with Crippen molar-refractivity contribution in [2.75, 3.05) is 32.1 Å². The third-order valence-corrected chi connectivity index (χ3v) is 8.74. The van der Waals surface area contributed by atoms with Crippen molar-refractivity contribution in [1.29, 1.82) is 0 Å². The zero-order valence-corrected chi connectivity index (χ0v) is 25.2. The van der Waals surface area contributed by atoms with Crippen molar-refractivity contribution in [1.82, 2.24) is 15.5 Å². The molecular formula is C30H43N3O4S2. The molecule has 0 spiro atoms. The highest BCUT2D eigenvalue weighted by atomic mass is 32.2. The van der Waals surface area contributed by atoms with Gasteiger partial charge in [0.15, 0.2) is 0 Å². The molecule has 0 aromatic heterocycles. The first-order valence-corrected chi connectivity index (χ1v) is 15.6. The van der Waals surface area contributed by atoms with Crippen LogP contribution in [0, 0.1) is 5.41 Å². The Bertz CT molecular complexity index is 1020. The van der Waals surface area contributed by atoms with Crippen LogP contribution in [-0.2, 0) is 25.9 Å². The molecule has 2 amide bonds. The van der Waals surface area contributed by atoms with Gasteiger partial charge in [-0.05, 0) is 51.0 Å². The molecule has 2 aromatic carbocycles. The fraction of sp³-hybridized carbons (Fsp3) is 0.500. The maximum absolute atomic E-state index is 13.3. The van der Waals surface area contributed by atoms with Gasteiger partial charge in [-0.2, -0.15) is 23.5 Å². The van der Waals surface area contributed by atoms with E-state index in [1.165, 1.54) is 17.3 Å². The molecule has 0 heterocycles. The SMILES string of the molecule is CN(C)CCCC[C@H](NC(=O)[C@H](CSCc1ccccc1)NC(=O)C(C)(C)CSCc1ccccc1)C(=O)O. The first-order valence-electron chi connectivity index (χ1n) is 13.3. The van der Waals surface area contributed by atoms with Crippen LogP contribution < -0.4 is 10.6 Å². The fourth-order valence-electron chi connectivity index (χ4n) is 3.78. The minimum absolute atomic E-state index is 0.221. The number of carbonyl (C=O) groups is 3. The molecule has 2 atom stereocenters. The number of amides is 2. The zero-order chi connectivity index (χ0) is 28.7. The molecule has 7 nitrogen and oxygen atoms in total. The summed E-state index contributed by atoms with van der Waals surface area (Å²) in [5.74, 6) is 0.660. The molecule has 0 unspecified atom stereocenters. The number of unbranched alkanes of at least 4 members (excludes halogenated alkanes) is 1. The Morgan fingerprint density at radius 1 is 0.846 bits per heavy atom. The van der Waals surface area contributed by atoms with Crippen LogP contribution in [0.2, 0.25) is 0 Å². The average Bonchev–Trinajstić information content (AvgIpc) is 2.90. The summed E-state index contributed by atoms with van der Waals surface area (Å²) >= 11 is 3.21. The van der Waals surface area contributed by atoms with Crippen molar-refractivity contribution in [3.05, 3.63) is 71.8 Å². The predicted octanol–water partition coefficient (Wildman–Crippen LogP) is 4.67. The molecule has 0 saturated carbocycles. The van der Waals surface area contributed by atoms with Crippen molar-refractivity contribution in [2.45, 2.75) is 56.7 Å². The number of nitrogens with one attached hydrogen (secondary N) is 2. The van der Waals surface area contributed by atoms with Crippen molar-refractivity contribution < 1.29 is 19.5 Å². The minimum atomic E-state index is -1.06. The second-order valence-electron chi connectivity index (χ2n) is 10.6. The van der Waals surface area contributed by atoms with E-state index in [4.69, 9.17) is 0 Å². The Balaban J connectivity index is 2.01. The zero-order valence-electron chi connectivity index (χ0n) is 23.5. The summed E-state index contributed by atoms with van der Waals surface area (Å²) in [7, 11) is 3.94. The highest BCUT2D eigenvalue weighted by molar-refractivity contribution is 7.98. The van der Waals surface area contributed by atoms with Gasteiger partial charge in [-0.15, -0.1) is 0 Å². The molecule has 0 fully saturated rings. The van der Waals surface area contributed by atoms with Crippen LogP contribution in [0.15, 0.2) is 60.7 Å². The third kappa shape index (κ3) is 12.9. The van der Waals surface area contributed by atoms with Gasteiger partial charge in [0.25, 0.3) is 0 Å². The lowest BCUT2D eigenvalue weighted by atomic mass is 9.95. The smallest absolute Gasteiger partial charge is 0.326 e. The molecule has 9 heteroatoms. The number of carbonyl (C=O) groups excluding carboxylic acids is 2. The van der Waals surface area contributed by atoms with Gasteiger partial charge < -0.3 is 20.6 Å². The summed E-state index contributed by atoms with van der Waals surface area (Å²) in [6.07, 6.45) is 1.86. The topological polar surface area (TPSA) is 98.7 Å². The van der Waals surface area contributed by atoms with Crippen LogP contribution in [0.3, 0.4) is 0 Å². The number of aliphatic carboxylic acids is 1. The quantitative estimate of drug-likeness (QED) is 0.223. The van der Waals surface area contributed by atoms with Gasteiger partial charge in [-0.25, -0.2) is 4.79 Å². The summed E-state index contributed by atoms with van der Waals surface area (Å²) in [6, 6.07) is 18.2. The Kier molecular flexibility index (Phi) is 14.5. The molecule has 2 aromatic rings. The Morgan fingerprint density at radius 3 is 1.95 bits per heavy atom. The molecule has 0 aliphatic carbocycles. The lowest BCUT2D eigenvalue weighted by molar-refractivity contribution is -0.142. The van der Waals surface area contributed by atoms with E-state index in [0.717, 1.165) is 24.3 Å². The lowest BCUT2D eigenvalue weighted by Gasteiger charge is -2.27. The number of thioether (sulfide) groups is 2. The van der Waals surface area contributed by atoms with E-state index in [9.17, 15) is 19.5 Å². The van der Waals surface area contributed by atoms with Crippen LogP contribution in [-0.4, -0.2) is 72.0 Å². The predicted molar refractivity (Wildman–Crippen MR) is 163 cm³/mol. The number of nitrogens with zero attached hydrogens (tertiary/aromatic N) is 1. The van der Waals surface area contributed by atoms with E-state index >= 15 is 0 Å². The van der Waals surface area contributed by atoms with Crippen LogP contribution in [0.4, 0.5) is 0 Å². The molecule has 39 heavy (non-hydrogen) atoms. The minimum Gasteiger partial charge on any atom is -0.480 e. The van der Waals surface area contributed by atoms with Crippen molar-refractivity contribution >= 4 is 41.3 Å². The molecule has 0 bridgehead atoms. The number of hydrogen-bond donors (Lipinski definition) is 3. The van der Waals surface area contributed by atoms with E-state index in [2.05, 4.69) is 22.8 Å². The first-order chi connectivity index (χ1) is 18.6. The van der Waals surface area contributed by atoms with Gasteiger partial charge in [-0.1, -0.05) is 74.5 Å². The van der Waals surface area contributed by atoms with Crippen molar-refractivity contribution in [3.63, 3.8) is 0 Å². The molecular weight excluding hydrogens is 530 g/mol. The highest BCUT2D eigenvalue weighted by Gasteiger charge is 2.32. The van der Waals surface area contributed by atoms with Crippen molar-refractivity contribution in [2.24, 2.45) is 5.41 Å². The van der Waals surface area contributed by atoms with Crippen molar-refractivity contribution in [3.8, 4) is 0 Å². The number of hydrogen-bond acceptors (Lipinski definition) is 6. The third-order valence-electron chi connectivity index (χ3n) is 6.17. The van der Waals surface area contributed by atoms with Crippen LogP contribution in [0.1, 0.15) is 44.2 Å². The van der Waals surface area contributed by atoms with E-state index < -0.39 is 29.4 Å². The summed E-state index contributed by atoms with van der Waals surface area (Å²) in [5, 5.41) is 15.3. The molecule has 0 aliphatic rings. The second kappa shape index (κ2) is 17.3. The molecule has 2 rings (SSSR count). The number of benzene rings is 2. The van der Waals surface area contributed by atoms with Crippen LogP contribution >= 0.6 is 23.5 Å². The van der Waals surface area contributed by atoms with Gasteiger partial charge in [0.2, 0.25) is 11.8 Å². The van der Waals surface area contributed by atoms with E-state index in [0.29, 0.717) is 30.1 Å². The Hall–Kier alpha value is -2.49. The van der Waals surface area contributed by atoms with E-state index in [-0.39, 0.29) is 5.91 Å². The molecule has 0 aliphatic heterocycles. The van der Waals surface area contributed by atoms with Crippen LogP contribution in [0.25, 0.3) is 0 Å². The van der Waals surface area contributed by atoms with E-state index in [1.54, 1.807) is 11.8 Å². The maximum atomic E-state index is 13.3. The van der Waals surface area contributed by atoms with Gasteiger partial charge in [0, 0.05) is 23.0 Å². The average molecular weight is 574 g/mol. The second-order valence-corrected chi connectivity index (χ2v) is 12.6. The Morgan fingerprint density at radius 2 is 1.41 bits per heavy atom. The normalized spacial score (nSPS) is 13.1. The standard InChI is InChI=1S/C30H43N3O4S2/c1-30(2,22-39-20-24-15-9-6-10-16-24)29(37)32-26(21-38-19-23-13-7-5-8-14-23)27(34)31-25(28(35)36)17-11-12-18-33(3)4/h5-10,13-16,25-26H,11-12,17-22H2,1-4H3,(H,31,34)(H,32,37)(H,35,36)/t25-,26-/m0/s1. The number of rotatable bonds is 18. The summed E-state index contributed by atoms with van der Waals surface area (Å²) in [4.78, 5) is 40.5. The fourth-order valence-corrected chi connectivity index (χ4v) is 5.96. The summed E-state index contributed by atoms with van der Waals surface area (Å²) in [6.45, 7) is 4.60. The van der Waals surface area contributed by atoms with Gasteiger partial charge in [-0.3, -0.25) is 9.59 Å². The number of carboxylic acids is 1. The largest absolute Gasteiger partial charge is 0.480 e. The van der Waals surface area contributed by atoms with Crippen LogP contribution in [0.5, 0.6) is 0 Å². The highest BCUT2D eigenvalue weighted by Crippen LogP contribution is 2.25. The van der Waals surface area contributed by atoms with Gasteiger partial charge in [0.1, 0.15) is 12.1 Å². The number of carboxylic acid groups (broad SMARTS) is 1.